The van der Waals surface area contributed by atoms with Gasteiger partial charge in [0.25, 0.3) is 0 Å². The number of aliphatic carboxylic acids is 1. The third-order valence-corrected chi connectivity index (χ3v) is 2.68. The topological polar surface area (TPSA) is 63.3 Å². The molecule has 0 spiro atoms. The summed E-state index contributed by atoms with van der Waals surface area (Å²) in [5, 5.41) is 8.60. The average Bonchev–Trinajstić information content (AvgIpc) is 2.36. The largest absolute Gasteiger partial charge is 0.481 e. The van der Waals surface area contributed by atoms with Gasteiger partial charge in [-0.05, 0) is 18.8 Å². The standard InChI is InChI=1S/C6H9NO2/c7-4-2-6(5(8)9)1-3(4)6/h3-4H,1-2,7H2,(H,8,9)/t3-,4+,6-/m1/s1. The SMILES string of the molecule is N[C@H]1C[C@]2(C(=O)O)C[C@H]12. The van der Waals surface area contributed by atoms with Crippen molar-refractivity contribution in [2.45, 2.75) is 18.9 Å². The summed E-state index contributed by atoms with van der Waals surface area (Å²) in [5.41, 5.74) is 5.18. The molecule has 2 aliphatic carbocycles. The lowest BCUT2D eigenvalue weighted by Gasteiger charge is -2.27. The van der Waals surface area contributed by atoms with E-state index in [-0.39, 0.29) is 11.5 Å². The van der Waals surface area contributed by atoms with E-state index in [0.29, 0.717) is 12.3 Å². The first-order valence-corrected chi connectivity index (χ1v) is 3.16. The molecular weight excluding hydrogens is 118 g/mol. The lowest BCUT2D eigenvalue weighted by Crippen LogP contribution is -2.42. The number of nitrogens with two attached hydrogens (primary N) is 1. The quantitative estimate of drug-likeness (QED) is 0.513. The van der Waals surface area contributed by atoms with Crippen molar-refractivity contribution in [3.8, 4) is 0 Å². The summed E-state index contributed by atoms with van der Waals surface area (Å²) in [5.74, 6) is -0.329. The van der Waals surface area contributed by atoms with Crippen LogP contribution >= 0.6 is 0 Å². The number of hydrogen-bond acceptors (Lipinski definition) is 2. The fraction of sp³-hybridized carbons (Fsp3) is 0.833. The van der Waals surface area contributed by atoms with Crippen molar-refractivity contribution in [2.75, 3.05) is 0 Å². The zero-order valence-corrected chi connectivity index (χ0v) is 5.00. The Morgan fingerprint density at radius 3 is 2.44 bits per heavy atom. The summed E-state index contributed by atoms with van der Waals surface area (Å²) < 4.78 is 0. The van der Waals surface area contributed by atoms with E-state index in [9.17, 15) is 4.79 Å². The minimum Gasteiger partial charge on any atom is -0.481 e. The molecule has 3 N–H and O–H groups in total. The van der Waals surface area contributed by atoms with Crippen molar-refractivity contribution < 1.29 is 9.90 Å². The van der Waals surface area contributed by atoms with E-state index in [1.54, 1.807) is 0 Å². The second-order valence-electron chi connectivity index (χ2n) is 3.14. The average molecular weight is 127 g/mol. The van der Waals surface area contributed by atoms with Crippen LogP contribution in [-0.4, -0.2) is 17.1 Å². The molecule has 0 aliphatic heterocycles. The molecule has 50 valence electrons. The Morgan fingerprint density at radius 1 is 1.67 bits per heavy atom. The fourth-order valence-corrected chi connectivity index (χ4v) is 1.86. The van der Waals surface area contributed by atoms with Gasteiger partial charge >= 0.3 is 5.97 Å². The number of hydrogen-bond donors (Lipinski definition) is 2. The van der Waals surface area contributed by atoms with Crippen LogP contribution in [0.2, 0.25) is 0 Å². The van der Waals surface area contributed by atoms with E-state index in [1.165, 1.54) is 0 Å². The number of carboxylic acid groups (broad SMARTS) is 1. The predicted octanol–water partition coefficient (Wildman–Crippen LogP) is -0.192. The van der Waals surface area contributed by atoms with Gasteiger partial charge in [-0.25, -0.2) is 0 Å². The van der Waals surface area contributed by atoms with Gasteiger partial charge in [-0.15, -0.1) is 0 Å². The first-order chi connectivity index (χ1) is 4.17. The zero-order chi connectivity index (χ0) is 6.65. The highest BCUT2D eigenvalue weighted by atomic mass is 16.4. The molecule has 0 saturated heterocycles. The Labute approximate surface area is 52.8 Å². The molecule has 9 heavy (non-hydrogen) atoms. The Balaban J connectivity index is 2.12. The summed E-state index contributed by atoms with van der Waals surface area (Å²) in [4.78, 5) is 10.4. The number of fused-ring (bicyclic) bond motifs is 1. The van der Waals surface area contributed by atoms with Crippen LogP contribution in [0.15, 0.2) is 0 Å². The predicted molar refractivity (Wildman–Crippen MR) is 30.8 cm³/mol. The van der Waals surface area contributed by atoms with Crippen molar-refractivity contribution in [1.29, 1.82) is 0 Å². The Hall–Kier alpha value is -0.570. The fourth-order valence-electron chi connectivity index (χ4n) is 1.86. The van der Waals surface area contributed by atoms with E-state index in [4.69, 9.17) is 10.8 Å². The Morgan fingerprint density at radius 2 is 2.33 bits per heavy atom. The molecule has 0 amide bonds. The highest BCUT2D eigenvalue weighted by Gasteiger charge is 2.71. The van der Waals surface area contributed by atoms with E-state index >= 15 is 0 Å². The maximum Gasteiger partial charge on any atom is 0.310 e. The van der Waals surface area contributed by atoms with Crippen molar-refractivity contribution >= 4 is 5.97 Å². The second-order valence-corrected chi connectivity index (χ2v) is 3.14. The molecular formula is C6H9NO2. The van der Waals surface area contributed by atoms with Gasteiger partial charge in [0, 0.05) is 6.04 Å². The highest BCUT2D eigenvalue weighted by molar-refractivity contribution is 5.81. The maximum atomic E-state index is 10.4. The summed E-state index contributed by atoms with van der Waals surface area (Å²) >= 11 is 0. The van der Waals surface area contributed by atoms with Gasteiger partial charge in [-0.2, -0.15) is 0 Å². The highest BCUT2D eigenvalue weighted by Crippen LogP contribution is 2.66. The van der Waals surface area contributed by atoms with Crippen LogP contribution in [0.4, 0.5) is 0 Å². The molecule has 2 aliphatic rings. The minimum atomic E-state index is -0.644. The minimum absolute atomic E-state index is 0.182. The molecule has 2 fully saturated rings. The molecule has 0 unspecified atom stereocenters. The van der Waals surface area contributed by atoms with Crippen LogP contribution in [0.25, 0.3) is 0 Å². The number of carbonyl (C=O) groups is 1. The van der Waals surface area contributed by atoms with Gasteiger partial charge < -0.3 is 10.8 Å². The third-order valence-electron chi connectivity index (χ3n) is 2.68. The van der Waals surface area contributed by atoms with Crippen molar-refractivity contribution in [3.05, 3.63) is 0 Å². The number of rotatable bonds is 1. The van der Waals surface area contributed by atoms with Gasteiger partial charge in [0.2, 0.25) is 0 Å². The van der Waals surface area contributed by atoms with Crippen molar-refractivity contribution in [1.82, 2.24) is 0 Å². The van der Waals surface area contributed by atoms with Gasteiger partial charge in [0.05, 0.1) is 5.41 Å². The van der Waals surface area contributed by atoms with Crippen molar-refractivity contribution in [2.24, 2.45) is 17.1 Å². The van der Waals surface area contributed by atoms with Crippen LogP contribution in [0, 0.1) is 11.3 Å². The van der Waals surface area contributed by atoms with Gasteiger partial charge in [-0.1, -0.05) is 0 Å². The van der Waals surface area contributed by atoms with Crippen LogP contribution in [0.1, 0.15) is 12.8 Å². The molecule has 0 bridgehead atoms. The molecule has 2 saturated carbocycles. The van der Waals surface area contributed by atoms with E-state index in [0.717, 1.165) is 6.42 Å². The lowest BCUT2D eigenvalue weighted by atomic mass is 9.81. The molecule has 0 heterocycles. The van der Waals surface area contributed by atoms with E-state index in [2.05, 4.69) is 0 Å². The van der Waals surface area contributed by atoms with Crippen molar-refractivity contribution in [3.63, 3.8) is 0 Å². The normalized spacial score (nSPS) is 53.4. The van der Waals surface area contributed by atoms with Gasteiger partial charge in [-0.3, -0.25) is 4.79 Å². The first kappa shape index (κ1) is 5.23. The molecule has 3 atom stereocenters. The summed E-state index contributed by atoms with van der Waals surface area (Å²) in [7, 11) is 0. The molecule has 0 aromatic rings. The Bertz CT molecular complexity index is 180. The number of carboxylic acids is 1. The summed E-state index contributed by atoms with van der Waals surface area (Å²) in [6.07, 6.45) is 1.52. The van der Waals surface area contributed by atoms with E-state index < -0.39 is 5.97 Å². The Kier molecular flexibility index (Phi) is 0.662. The lowest BCUT2D eigenvalue weighted by molar-refractivity contribution is -0.147. The molecule has 0 radical (unpaired) electrons. The van der Waals surface area contributed by atoms with E-state index in [1.807, 2.05) is 0 Å². The summed E-state index contributed by atoms with van der Waals surface area (Å²) in [6.45, 7) is 0. The molecule has 0 aromatic carbocycles. The second kappa shape index (κ2) is 1.14. The van der Waals surface area contributed by atoms with Gasteiger partial charge in [0.15, 0.2) is 0 Å². The molecule has 2 rings (SSSR count). The van der Waals surface area contributed by atoms with Crippen LogP contribution in [0.5, 0.6) is 0 Å². The van der Waals surface area contributed by atoms with Crippen LogP contribution < -0.4 is 5.73 Å². The first-order valence-electron chi connectivity index (χ1n) is 3.16. The third kappa shape index (κ3) is 0.399. The molecule has 3 heteroatoms. The molecule has 0 aromatic heterocycles. The smallest absolute Gasteiger partial charge is 0.310 e. The van der Waals surface area contributed by atoms with Gasteiger partial charge in [0.1, 0.15) is 0 Å². The summed E-state index contributed by atoms with van der Waals surface area (Å²) in [6, 6.07) is 0.182. The van der Waals surface area contributed by atoms with Crippen LogP contribution in [0.3, 0.4) is 0 Å². The zero-order valence-electron chi connectivity index (χ0n) is 5.00. The van der Waals surface area contributed by atoms with Crippen LogP contribution in [-0.2, 0) is 4.79 Å². The molecule has 3 nitrogen and oxygen atoms in total. The maximum absolute atomic E-state index is 10.4. The monoisotopic (exact) mass is 127 g/mol.